The van der Waals surface area contributed by atoms with E-state index < -0.39 is 0 Å². The molecule has 0 spiro atoms. The molecule has 0 amide bonds. The molecule has 2 aliphatic carbocycles. The van der Waals surface area contributed by atoms with Crippen LogP contribution in [0.3, 0.4) is 0 Å². The van der Waals surface area contributed by atoms with Crippen molar-refractivity contribution in [3.05, 3.63) is 240 Å². The summed E-state index contributed by atoms with van der Waals surface area (Å²) >= 11 is 0. The average molecular weight is 1310 g/mol. The summed E-state index contributed by atoms with van der Waals surface area (Å²) in [7, 11) is 0. The standard InChI is InChI=1S/C95H108N4/c1-7-11-15-19-23-34-58-94(59-35-24-20-16-12-8-2)84-63-70(6)50-54-80(84)82-56-52-75(66-86(82)94)89-68-90(97-92(96-89)93-98-88-48-32-33-49-91(88)99(93)77-44-28-27-29-45-77)76-53-57-83-81-55-51-72(71-41-39-43-74(64-71)79-47-31-30-46-78(79)73-42-38-40-69(5)62-73)65-85(81)95(87(83)67-76,60-36-25-21-17-13-9-3)61-37-26-22-18-14-10-4/h27-33,38-57,62-68H,7-26,34-37,58-61H2,1-6H3. The second kappa shape index (κ2) is 32.7. The fourth-order valence-electron chi connectivity index (χ4n) is 17.3. The molecule has 0 radical (unpaired) electrons. The number of para-hydroxylation sites is 3. The number of nitrogens with zero attached hydrogens (tertiary/aromatic N) is 4. The first-order chi connectivity index (χ1) is 48.7. The third kappa shape index (κ3) is 15.0. The lowest BCUT2D eigenvalue weighted by molar-refractivity contribution is 0.398. The highest BCUT2D eigenvalue weighted by Gasteiger charge is 2.44. The van der Waals surface area contributed by atoms with E-state index in [1.807, 2.05) is 0 Å². The van der Waals surface area contributed by atoms with Gasteiger partial charge in [0.25, 0.3) is 0 Å². The van der Waals surface area contributed by atoms with E-state index in [4.69, 9.17) is 15.0 Å². The van der Waals surface area contributed by atoms with E-state index in [-0.39, 0.29) is 10.8 Å². The molecule has 4 heteroatoms. The van der Waals surface area contributed by atoms with Gasteiger partial charge in [0.1, 0.15) is 0 Å². The van der Waals surface area contributed by atoms with Gasteiger partial charge in [0, 0.05) is 27.6 Å². The minimum absolute atomic E-state index is 0.0811. The van der Waals surface area contributed by atoms with Gasteiger partial charge in [-0.1, -0.05) is 345 Å². The van der Waals surface area contributed by atoms with Crippen molar-refractivity contribution in [2.45, 2.75) is 232 Å². The Bertz CT molecular complexity index is 4470. The molecule has 4 nitrogen and oxygen atoms in total. The van der Waals surface area contributed by atoms with Crippen LogP contribution in [-0.2, 0) is 10.8 Å². The summed E-state index contributed by atoms with van der Waals surface area (Å²) in [5, 5.41) is 0. The molecule has 9 aromatic carbocycles. The zero-order valence-electron chi connectivity index (χ0n) is 60.7. The highest BCUT2D eigenvalue weighted by molar-refractivity contribution is 5.90. The number of aryl methyl sites for hydroxylation is 2. The Balaban J connectivity index is 0.972. The molecule has 99 heavy (non-hydrogen) atoms. The molecule has 2 heterocycles. The van der Waals surface area contributed by atoms with E-state index in [9.17, 15) is 0 Å². The SMILES string of the molecule is CCCCCCCCC1(CCCCCCCC)c2cc(C)ccc2-c2ccc(-c3cc(-c4ccc5c(c4)C(CCCCCCCC)(CCCCCCCC)c4cc(-c6cccc(-c7ccccc7-c7cccc(C)c7)c6)ccc4-5)nc(-c4nc5ccccc5n4-c4ccccc4)n3)cc21. The highest BCUT2D eigenvalue weighted by Crippen LogP contribution is 2.58. The molecule has 2 aliphatic rings. The maximum Gasteiger partial charge on any atom is 0.197 e. The van der Waals surface area contributed by atoms with Crippen LogP contribution in [0.2, 0.25) is 0 Å². The van der Waals surface area contributed by atoms with Gasteiger partial charge in [-0.05, 0) is 172 Å². The summed E-state index contributed by atoms with van der Waals surface area (Å²) in [5.74, 6) is 1.38. The largest absolute Gasteiger partial charge is 0.290 e. The Hall–Kier alpha value is -8.47. The number of rotatable bonds is 35. The Morgan fingerprint density at radius 3 is 1.19 bits per heavy atom. The zero-order chi connectivity index (χ0) is 68.0. The zero-order valence-corrected chi connectivity index (χ0v) is 60.7. The van der Waals surface area contributed by atoms with E-state index in [0.29, 0.717) is 5.82 Å². The molecule has 0 saturated heterocycles. The number of benzene rings is 9. The molecule has 0 bridgehead atoms. The van der Waals surface area contributed by atoms with Gasteiger partial charge in [0.05, 0.1) is 22.4 Å². The van der Waals surface area contributed by atoms with Crippen molar-refractivity contribution in [2.24, 2.45) is 0 Å². The minimum atomic E-state index is -0.190. The first kappa shape index (κ1) is 69.0. The molecule has 0 saturated carbocycles. The van der Waals surface area contributed by atoms with Crippen molar-refractivity contribution >= 4 is 11.0 Å². The molecule has 0 N–H and O–H groups in total. The molecule has 0 atom stereocenters. The minimum Gasteiger partial charge on any atom is -0.290 e. The molecule has 0 fully saturated rings. The van der Waals surface area contributed by atoms with Crippen LogP contribution in [0.25, 0.3) is 107 Å². The summed E-state index contributed by atoms with van der Waals surface area (Å²) in [5.41, 5.74) is 28.7. The van der Waals surface area contributed by atoms with E-state index in [1.165, 1.54) is 238 Å². The summed E-state index contributed by atoms with van der Waals surface area (Å²) in [4.78, 5) is 17.1. The van der Waals surface area contributed by atoms with Crippen molar-refractivity contribution in [3.8, 4) is 95.5 Å². The lowest BCUT2D eigenvalue weighted by Crippen LogP contribution is -2.26. The molecule has 0 unspecified atom stereocenters. The van der Waals surface area contributed by atoms with Gasteiger partial charge in [-0.25, -0.2) is 15.0 Å². The monoisotopic (exact) mass is 1300 g/mol. The van der Waals surface area contributed by atoms with Crippen molar-refractivity contribution in [3.63, 3.8) is 0 Å². The number of unbranched alkanes of at least 4 members (excludes halogenated alkanes) is 20. The third-order valence-corrected chi connectivity index (χ3v) is 22.6. The fourth-order valence-corrected chi connectivity index (χ4v) is 17.3. The van der Waals surface area contributed by atoms with Crippen molar-refractivity contribution < 1.29 is 0 Å². The molecule has 2 aromatic heterocycles. The maximum absolute atomic E-state index is 5.82. The summed E-state index contributed by atoms with van der Waals surface area (Å²) in [6.45, 7) is 13.8. The molecular formula is C95H108N4. The predicted octanol–water partition coefficient (Wildman–Crippen LogP) is 28.0. The Labute approximate surface area is 594 Å². The summed E-state index contributed by atoms with van der Waals surface area (Å²) in [6.07, 6.45) is 35.2. The molecule has 13 rings (SSSR count). The lowest BCUT2D eigenvalue weighted by Gasteiger charge is -2.33. The topological polar surface area (TPSA) is 43.6 Å². The predicted molar refractivity (Wildman–Crippen MR) is 423 cm³/mol. The van der Waals surface area contributed by atoms with Gasteiger partial charge in [-0.2, -0.15) is 0 Å². The number of hydrogen-bond donors (Lipinski definition) is 0. The second-order valence-electron chi connectivity index (χ2n) is 29.6. The van der Waals surface area contributed by atoms with Gasteiger partial charge in [0.15, 0.2) is 11.6 Å². The van der Waals surface area contributed by atoms with Crippen LogP contribution < -0.4 is 0 Å². The smallest absolute Gasteiger partial charge is 0.197 e. The van der Waals surface area contributed by atoms with Crippen LogP contribution >= 0.6 is 0 Å². The van der Waals surface area contributed by atoms with Crippen molar-refractivity contribution in [2.75, 3.05) is 0 Å². The second-order valence-corrected chi connectivity index (χ2v) is 29.6. The van der Waals surface area contributed by atoms with Gasteiger partial charge >= 0.3 is 0 Å². The maximum atomic E-state index is 5.82. The van der Waals surface area contributed by atoms with Crippen LogP contribution in [0.5, 0.6) is 0 Å². The van der Waals surface area contributed by atoms with Crippen LogP contribution in [0, 0.1) is 13.8 Å². The quantitative estimate of drug-likeness (QED) is 0.0372. The number of hydrogen-bond acceptors (Lipinski definition) is 3. The van der Waals surface area contributed by atoms with Gasteiger partial charge in [0.2, 0.25) is 0 Å². The van der Waals surface area contributed by atoms with Crippen LogP contribution in [-0.4, -0.2) is 19.5 Å². The first-order valence-corrected chi connectivity index (χ1v) is 39.0. The average Bonchev–Trinajstić information content (AvgIpc) is 1.57. The van der Waals surface area contributed by atoms with E-state index in [0.717, 1.165) is 70.7 Å². The van der Waals surface area contributed by atoms with E-state index in [2.05, 4.69) is 252 Å². The van der Waals surface area contributed by atoms with Crippen LogP contribution in [0.4, 0.5) is 0 Å². The Morgan fingerprint density at radius 1 is 0.283 bits per heavy atom. The Morgan fingerprint density at radius 2 is 0.677 bits per heavy atom. The Kier molecular flexibility index (Phi) is 22.8. The van der Waals surface area contributed by atoms with Gasteiger partial charge in [-0.15, -0.1) is 0 Å². The third-order valence-electron chi connectivity index (χ3n) is 22.6. The highest BCUT2D eigenvalue weighted by atomic mass is 15.1. The lowest BCUT2D eigenvalue weighted by atomic mass is 9.70. The van der Waals surface area contributed by atoms with E-state index in [1.54, 1.807) is 5.56 Å². The normalized spacial score (nSPS) is 13.2. The molecule has 508 valence electrons. The van der Waals surface area contributed by atoms with Crippen LogP contribution in [0.1, 0.15) is 241 Å². The first-order valence-electron chi connectivity index (χ1n) is 39.0. The molecule has 0 aliphatic heterocycles. The summed E-state index contributed by atoms with van der Waals surface area (Å²) in [6, 6.07) is 78.7. The number of fused-ring (bicyclic) bond motifs is 7. The number of aromatic nitrogens is 4. The van der Waals surface area contributed by atoms with Crippen molar-refractivity contribution in [1.82, 2.24) is 19.5 Å². The molecule has 11 aromatic rings. The fraction of sp³-hybridized carbons (Fsp3) is 0.379. The number of imidazole rings is 1. The summed E-state index contributed by atoms with van der Waals surface area (Å²) < 4.78 is 2.29. The van der Waals surface area contributed by atoms with E-state index >= 15 is 0 Å². The van der Waals surface area contributed by atoms with Crippen LogP contribution in [0.15, 0.2) is 206 Å². The van der Waals surface area contributed by atoms with Gasteiger partial charge < -0.3 is 0 Å². The van der Waals surface area contributed by atoms with Crippen molar-refractivity contribution in [1.29, 1.82) is 0 Å². The molecular weight excluding hydrogens is 1200 g/mol. The van der Waals surface area contributed by atoms with Gasteiger partial charge in [-0.3, -0.25) is 4.57 Å².